The number of allylic oxidation sites excluding steroid dienone is 1. The third-order valence-corrected chi connectivity index (χ3v) is 9.73. The van der Waals surface area contributed by atoms with Gasteiger partial charge in [-0.1, -0.05) is 88.4 Å². The molecule has 252 valence electrons. The maximum Gasteiger partial charge on any atom is 0.223 e. The Labute approximate surface area is 283 Å². The van der Waals surface area contributed by atoms with Crippen LogP contribution < -0.4 is 14.2 Å². The number of nitrogens with zero attached hydrogens (tertiary/aromatic N) is 2. The molecule has 0 aliphatic carbocycles. The summed E-state index contributed by atoms with van der Waals surface area (Å²) in [5.41, 5.74) is 6.12. The molecule has 0 bridgehead atoms. The fourth-order valence-corrected chi connectivity index (χ4v) is 7.45. The lowest BCUT2D eigenvalue weighted by atomic mass is 9.72. The van der Waals surface area contributed by atoms with Crippen LogP contribution in [0.1, 0.15) is 81.7 Å². The van der Waals surface area contributed by atoms with Gasteiger partial charge in [-0.2, -0.15) is 0 Å². The number of likely N-dealkylation sites (tertiary alicyclic amines) is 1. The summed E-state index contributed by atoms with van der Waals surface area (Å²) in [6, 6.07) is 20.7. The van der Waals surface area contributed by atoms with Crippen LogP contribution in [-0.4, -0.2) is 55.7 Å². The Kier molecular flexibility index (Phi) is 12.0. The second kappa shape index (κ2) is 15.7. The van der Waals surface area contributed by atoms with Crippen molar-refractivity contribution >= 4 is 12.0 Å². The van der Waals surface area contributed by atoms with Crippen LogP contribution in [0.2, 0.25) is 0 Å². The molecule has 3 aromatic rings. The van der Waals surface area contributed by atoms with Gasteiger partial charge in [0.25, 0.3) is 0 Å². The van der Waals surface area contributed by atoms with E-state index in [0.717, 1.165) is 77.5 Å². The molecule has 1 fully saturated rings. The normalized spacial score (nSPS) is 18.6. The van der Waals surface area contributed by atoms with Crippen molar-refractivity contribution in [3.63, 3.8) is 0 Å². The molecule has 0 saturated carbocycles. The van der Waals surface area contributed by atoms with E-state index in [2.05, 4.69) is 91.8 Å². The Morgan fingerprint density at radius 2 is 1.47 bits per heavy atom. The van der Waals surface area contributed by atoms with Gasteiger partial charge in [0.2, 0.25) is 5.91 Å². The fraction of sp³-hybridized carbons (Fsp3) is 0.439. The molecule has 47 heavy (non-hydrogen) atoms. The van der Waals surface area contributed by atoms with Crippen LogP contribution in [0, 0.1) is 0 Å². The summed E-state index contributed by atoms with van der Waals surface area (Å²) < 4.78 is 17.0. The van der Waals surface area contributed by atoms with Gasteiger partial charge in [-0.25, -0.2) is 0 Å². The van der Waals surface area contributed by atoms with Gasteiger partial charge >= 0.3 is 0 Å². The van der Waals surface area contributed by atoms with E-state index in [0.29, 0.717) is 19.4 Å². The van der Waals surface area contributed by atoms with Crippen molar-refractivity contribution in [3.05, 3.63) is 107 Å². The van der Waals surface area contributed by atoms with Crippen LogP contribution in [-0.2, 0) is 29.7 Å². The van der Waals surface area contributed by atoms with Crippen LogP contribution in [0.25, 0.3) is 6.08 Å². The van der Waals surface area contributed by atoms with Gasteiger partial charge < -0.3 is 19.1 Å². The highest BCUT2D eigenvalue weighted by Gasteiger charge is 2.45. The van der Waals surface area contributed by atoms with Gasteiger partial charge in [-0.05, 0) is 66.6 Å². The second-order valence-corrected chi connectivity index (χ2v) is 13.0. The van der Waals surface area contributed by atoms with Gasteiger partial charge in [0.1, 0.15) is 17.2 Å². The minimum Gasteiger partial charge on any atom is -0.497 e. The number of hydrogen-bond donors (Lipinski definition) is 0. The number of amides is 1. The lowest BCUT2D eigenvalue weighted by Gasteiger charge is -2.51. The topological polar surface area (TPSA) is 51.2 Å². The maximum absolute atomic E-state index is 14.5. The van der Waals surface area contributed by atoms with E-state index < -0.39 is 5.54 Å². The summed E-state index contributed by atoms with van der Waals surface area (Å²) in [7, 11) is 5.10. The molecular formula is C41H54N2O4. The third-order valence-electron chi connectivity index (χ3n) is 9.73. The molecule has 0 atom stereocenters. The van der Waals surface area contributed by atoms with Gasteiger partial charge in [0, 0.05) is 49.6 Å². The first-order chi connectivity index (χ1) is 22.6. The number of carbonyl (C=O) groups excluding carboxylic acids is 1. The number of carbonyl (C=O) groups is 1. The van der Waals surface area contributed by atoms with Crippen molar-refractivity contribution in [3.8, 4) is 17.2 Å². The van der Waals surface area contributed by atoms with E-state index in [4.69, 9.17) is 14.2 Å². The number of aryl methyl sites for hydroxylation is 1. The van der Waals surface area contributed by atoms with E-state index in [9.17, 15) is 4.79 Å². The fourth-order valence-electron chi connectivity index (χ4n) is 7.45. The average Bonchev–Trinajstić information content (AvgIpc) is 3.10. The summed E-state index contributed by atoms with van der Waals surface area (Å²) in [4.78, 5) is 19.1. The first-order valence-corrected chi connectivity index (χ1v) is 16.9. The molecule has 5 rings (SSSR count). The summed E-state index contributed by atoms with van der Waals surface area (Å²) in [5.74, 6) is 2.62. The zero-order valence-electron chi connectivity index (χ0n) is 29.8. The zero-order valence-corrected chi connectivity index (χ0v) is 29.8. The summed E-state index contributed by atoms with van der Waals surface area (Å²) in [6.45, 7) is 17.9. The van der Waals surface area contributed by atoms with Crippen molar-refractivity contribution in [2.24, 2.45) is 0 Å². The Morgan fingerprint density at radius 3 is 2.04 bits per heavy atom. The Hall–Kier alpha value is -4.03. The molecule has 1 spiro atoms. The SMILES string of the molecule is C=Cc1cc2c(c(OC)c1)C(C)(C)/C=C(\C)C1(CCN(Cc3cc(OC)cc(OC)c3)CC1)N(Cc1ccccc1)C(=O)CC2.CC. The van der Waals surface area contributed by atoms with Crippen LogP contribution in [0.5, 0.6) is 17.2 Å². The number of piperidine rings is 1. The molecule has 0 unspecified atom stereocenters. The molecule has 6 nitrogen and oxygen atoms in total. The highest BCUT2D eigenvalue weighted by atomic mass is 16.5. The van der Waals surface area contributed by atoms with Crippen molar-refractivity contribution in [2.45, 2.75) is 84.3 Å². The molecule has 1 saturated heterocycles. The van der Waals surface area contributed by atoms with Crippen molar-refractivity contribution in [1.82, 2.24) is 9.80 Å². The van der Waals surface area contributed by atoms with Gasteiger partial charge in [-0.3, -0.25) is 9.69 Å². The summed E-state index contributed by atoms with van der Waals surface area (Å²) in [5, 5.41) is 0. The zero-order chi connectivity index (χ0) is 34.2. The minimum atomic E-state index is -0.404. The molecule has 2 aliphatic heterocycles. The van der Waals surface area contributed by atoms with E-state index in [1.807, 2.05) is 32.1 Å². The number of ether oxygens (including phenoxy) is 3. The highest BCUT2D eigenvalue weighted by molar-refractivity contribution is 5.78. The van der Waals surface area contributed by atoms with E-state index in [-0.39, 0.29) is 11.3 Å². The highest BCUT2D eigenvalue weighted by Crippen LogP contribution is 2.44. The maximum atomic E-state index is 14.5. The molecule has 3 aromatic carbocycles. The van der Waals surface area contributed by atoms with Gasteiger partial charge in [-0.15, -0.1) is 0 Å². The predicted octanol–water partition coefficient (Wildman–Crippen LogP) is 8.62. The first kappa shape index (κ1) is 35.8. The van der Waals surface area contributed by atoms with Crippen LogP contribution >= 0.6 is 0 Å². The van der Waals surface area contributed by atoms with Crippen molar-refractivity contribution in [1.29, 1.82) is 0 Å². The standard InChI is InChI=1S/C39H48N2O4.C2H6/c1-8-29-20-32-14-15-36(42)41(27-30-12-10-9-11-13-30)39(28(2)25-38(3,4)37(32)35(23-29)45-7)16-18-40(19-17-39)26-31-21-33(43-5)24-34(22-31)44-6;1-2/h8-13,20-25H,1,14-19,26-27H2,2-7H3;1-2H3/b28-25+;. The molecular weight excluding hydrogens is 584 g/mol. The Balaban J connectivity index is 0.00000245. The number of benzene rings is 3. The second-order valence-electron chi connectivity index (χ2n) is 13.0. The van der Waals surface area contributed by atoms with Gasteiger partial charge in [0.05, 0.1) is 26.9 Å². The largest absolute Gasteiger partial charge is 0.497 e. The Morgan fingerprint density at radius 1 is 0.830 bits per heavy atom. The van der Waals surface area contributed by atoms with Crippen LogP contribution in [0.15, 0.2) is 78.9 Å². The number of methoxy groups -OCH3 is 3. The van der Waals surface area contributed by atoms with Crippen molar-refractivity contribution in [2.75, 3.05) is 34.4 Å². The number of hydrogen-bond acceptors (Lipinski definition) is 5. The van der Waals surface area contributed by atoms with Crippen LogP contribution in [0.3, 0.4) is 0 Å². The number of fused-ring (bicyclic) bond motifs is 1. The molecule has 0 N–H and O–H groups in total. The van der Waals surface area contributed by atoms with E-state index in [1.54, 1.807) is 21.3 Å². The first-order valence-electron chi connectivity index (χ1n) is 16.9. The van der Waals surface area contributed by atoms with Crippen LogP contribution in [0.4, 0.5) is 0 Å². The summed E-state index contributed by atoms with van der Waals surface area (Å²) in [6.07, 6.45) is 7.04. The molecule has 2 heterocycles. The molecule has 1 amide bonds. The van der Waals surface area contributed by atoms with Gasteiger partial charge in [0.15, 0.2) is 0 Å². The smallest absolute Gasteiger partial charge is 0.223 e. The van der Waals surface area contributed by atoms with E-state index in [1.165, 1.54) is 5.57 Å². The molecule has 0 aromatic heterocycles. The lowest BCUT2D eigenvalue weighted by molar-refractivity contribution is -0.139. The summed E-state index contributed by atoms with van der Waals surface area (Å²) >= 11 is 0. The predicted molar refractivity (Wildman–Crippen MR) is 193 cm³/mol. The average molecular weight is 639 g/mol. The Bertz CT molecular complexity index is 1530. The third kappa shape index (κ3) is 7.93. The lowest BCUT2D eigenvalue weighted by Crippen LogP contribution is -2.58. The molecule has 2 aliphatic rings. The molecule has 0 radical (unpaired) electrons. The quantitative estimate of drug-likeness (QED) is 0.231. The number of rotatable bonds is 8. The molecule has 6 heteroatoms. The minimum absolute atomic E-state index is 0.186. The van der Waals surface area contributed by atoms with Crippen molar-refractivity contribution < 1.29 is 19.0 Å². The monoisotopic (exact) mass is 638 g/mol. The van der Waals surface area contributed by atoms with E-state index >= 15 is 0 Å².